The molecular formula is C17H31N5O. The minimum atomic E-state index is 0.208. The molecule has 1 heterocycles. The van der Waals surface area contributed by atoms with Gasteiger partial charge in [0.15, 0.2) is 5.96 Å². The summed E-state index contributed by atoms with van der Waals surface area (Å²) in [7, 11) is 3.77. The van der Waals surface area contributed by atoms with Crippen molar-refractivity contribution in [3.63, 3.8) is 0 Å². The van der Waals surface area contributed by atoms with E-state index < -0.39 is 0 Å². The average Bonchev–Trinajstić information content (AvgIpc) is 2.96. The molecule has 23 heavy (non-hydrogen) atoms. The number of aryl methyl sites for hydroxylation is 1. The monoisotopic (exact) mass is 321 g/mol. The Morgan fingerprint density at radius 2 is 2.17 bits per heavy atom. The summed E-state index contributed by atoms with van der Waals surface area (Å²) in [6.45, 7) is 8.09. The molecule has 1 aliphatic carbocycles. The predicted molar refractivity (Wildman–Crippen MR) is 93.4 cm³/mol. The fourth-order valence-electron chi connectivity index (χ4n) is 3.69. The number of guanidine groups is 1. The van der Waals surface area contributed by atoms with Crippen LogP contribution in [-0.2, 0) is 18.3 Å². The van der Waals surface area contributed by atoms with Crippen molar-refractivity contribution in [2.24, 2.45) is 17.5 Å². The summed E-state index contributed by atoms with van der Waals surface area (Å²) < 4.78 is 7.82. The molecule has 2 N–H and O–H groups in total. The van der Waals surface area contributed by atoms with Gasteiger partial charge in [-0.2, -0.15) is 5.10 Å². The summed E-state index contributed by atoms with van der Waals surface area (Å²) in [6.07, 6.45) is 5.44. The van der Waals surface area contributed by atoms with Gasteiger partial charge in [-0.15, -0.1) is 0 Å². The number of nitrogens with zero attached hydrogens (tertiary/aromatic N) is 3. The van der Waals surface area contributed by atoms with E-state index in [2.05, 4.69) is 41.5 Å². The molecule has 0 aliphatic heterocycles. The van der Waals surface area contributed by atoms with Crippen LogP contribution < -0.4 is 10.6 Å². The van der Waals surface area contributed by atoms with Crippen LogP contribution in [-0.4, -0.2) is 41.5 Å². The number of aliphatic imine (C=N–C) groups is 1. The molecule has 130 valence electrons. The van der Waals surface area contributed by atoms with E-state index in [1.165, 1.54) is 0 Å². The predicted octanol–water partition coefficient (Wildman–Crippen LogP) is 2.07. The molecule has 2 unspecified atom stereocenters. The maximum absolute atomic E-state index is 5.94. The molecule has 0 aromatic carbocycles. The lowest BCUT2D eigenvalue weighted by Gasteiger charge is -2.55. The summed E-state index contributed by atoms with van der Waals surface area (Å²) in [4.78, 5) is 4.37. The Labute approximate surface area is 139 Å². The van der Waals surface area contributed by atoms with Crippen LogP contribution in [0.3, 0.4) is 0 Å². The molecule has 0 spiro atoms. The summed E-state index contributed by atoms with van der Waals surface area (Å²) in [5.41, 5.74) is 1.34. The van der Waals surface area contributed by atoms with Crippen molar-refractivity contribution < 1.29 is 4.74 Å². The van der Waals surface area contributed by atoms with Crippen LogP contribution in [0.5, 0.6) is 0 Å². The Hall–Kier alpha value is -1.56. The minimum absolute atomic E-state index is 0.208. The summed E-state index contributed by atoms with van der Waals surface area (Å²) >= 11 is 0. The van der Waals surface area contributed by atoms with Crippen molar-refractivity contribution in [2.45, 2.75) is 58.7 Å². The maximum Gasteiger partial charge on any atom is 0.191 e. The Morgan fingerprint density at radius 3 is 2.70 bits per heavy atom. The second kappa shape index (κ2) is 7.81. The number of ether oxygens (including phenoxy) is 1. The van der Waals surface area contributed by atoms with Gasteiger partial charge in [-0.3, -0.25) is 9.67 Å². The average molecular weight is 321 g/mol. The second-order valence-electron chi connectivity index (χ2n) is 6.19. The van der Waals surface area contributed by atoms with Gasteiger partial charge >= 0.3 is 0 Å². The third-order valence-electron chi connectivity index (χ3n) is 5.36. The molecule has 6 heteroatoms. The molecule has 0 bridgehead atoms. The number of hydrogen-bond acceptors (Lipinski definition) is 3. The van der Waals surface area contributed by atoms with Crippen molar-refractivity contribution in [2.75, 3.05) is 13.7 Å². The van der Waals surface area contributed by atoms with Gasteiger partial charge in [0.1, 0.15) is 0 Å². The zero-order valence-corrected chi connectivity index (χ0v) is 15.1. The quantitative estimate of drug-likeness (QED) is 0.596. The SMILES string of the molecule is CCOC1CC(NC(=NC)NCc2ccnn2C)C1(CC)CC. The van der Waals surface area contributed by atoms with Gasteiger partial charge in [0.05, 0.1) is 18.3 Å². The molecule has 1 fully saturated rings. The van der Waals surface area contributed by atoms with Crippen LogP contribution >= 0.6 is 0 Å². The molecule has 1 aromatic heterocycles. The summed E-state index contributed by atoms with van der Waals surface area (Å²) in [5.74, 6) is 0.845. The lowest BCUT2D eigenvalue weighted by atomic mass is 9.58. The largest absolute Gasteiger partial charge is 0.378 e. The van der Waals surface area contributed by atoms with Gasteiger partial charge < -0.3 is 15.4 Å². The highest BCUT2D eigenvalue weighted by atomic mass is 16.5. The third-order valence-corrected chi connectivity index (χ3v) is 5.36. The van der Waals surface area contributed by atoms with Crippen LogP contribution in [0.4, 0.5) is 0 Å². The first-order chi connectivity index (χ1) is 11.1. The highest BCUT2D eigenvalue weighted by molar-refractivity contribution is 5.80. The number of rotatable bonds is 7. The minimum Gasteiger partial charge on any atom is -0.378 e. The standard InChI is InChI=1S/C17H31N5O/c1-6-17(7-2)14(11-15(17)23-8-3)21-16(18-4)19-12-13-9-10-20-22(13)5/h9-10,14-15H,6-8,11-12H2,1-5H3,(H2,18,19,21). The van der Waals surface area contributed by atoms with Gasteiger partial charge in [-0.05, 0) is 32.3 Å². The second-order valence-corrected chi connectivity index (χ2v) is 6.19. The van der Waals surface area contributed by atoms with Gasteiger partial charge in [0.25, 0.3) is 0 Å². The van der Waals surface area contributed by atoms with E-state index in [9.17, 15) is 0 Å². The van der Waals surface area contributed by atoms with Crippen LogP contribution in [0.1, 0.15) is 45.7 Å². The van der Waals surface area contributed by atoms with E-state index in [1.807, 2.05) is 31.0 Å². The smallest absolute Gasteiger partial charge is 0.191 e. The van der Waals surface area contributed by atoms with Crippen molar-refractivity contribution in [1.82, 2.24) is 20.4 Å². The van der Waals surface area contributed by atoms with Gasteiger partial charge in [0.2, 0.25) is 0 Å². The van der Waals surface area contributed by atoms with Crippen molar-refractivity contribution >= 4 is 5.96 Å². The van der Waals surface area contributed by atoms with E-state index >= 15 is 0 Å². The molecule has 1 aromatic rings. The van der Waals surface area contributed by atoms with E-state index in [-0.39, 0.29) is 5.41 Å². The van der Waals surface area contributed by atoms with Crippen molar-refractivity contribution in [1.29, 1.82) is 0 Å². The first-order valence-corrected chi connectivity index (χ1v) is 8.66. The number of nitrogens with one attached hydrogen (secondary N) is 2. The molecule has 2 atom stereocenters. The first-order valence-electron chi connectivity index (χ1n) is 8.66. The van der Waals surface area contributed by atoms with Crippen LogP contribution in [0.2, 0.25) is 0 Å². The normalized spacial score (nSPS) is 23.4. The molecule has 1 saturated carbocycles. The lowest BCUT2D eigenvalue weighted by molar-refractivity contribution is -0.133. The third kappa shape index (κ3) is 3.52. The lowest BCUT2D eigenvalue weighted by Crippen LogP contribution is -2.65. The van der Waals surface area contributed by atoms with E-state index in [0.717, 1.165) is 37.5 Å². The van der Waals surface area contributed by atoms with Crippen LogP contribution in [0.25, 0.3) is 0 Å². The maximum atomic E-state index is 5.94. The van der Waals surface area contributed by atoms with E-state index in [4.69, 9.17) is 4.74 Å². The number of hydrogen-bond donors (Lipinski definition) is 2. The van der Waals surface area contributed by atoms with Gasteiger partial charge in [-0.1, -0.05) is 13.8 Å². The highest BCUT2D eigenvalue weighted by Crippen LogP contribution is 2.48. The zero-order valence-electron chi connectivity index (χ0n) is 15.1. The summed E-state index contributed by atoms with van der Waals surface area (Å²) in [6, 6.07) is 2.42. The number of aromatic nitrogens is 2. The highest BCUT2D eigenvalue weighted by Gasteiger charge is 2.53. The molecule has 0 radical (unpaired) electrons. The Kier molecular flexibility index (Phi) is 6.04. The zero-order chi connectivity index (χ0) is 16.9. The van der Waals surface area contributed by atoms with Crippen molar-refractivity contribution in [3.8, 4) is 0 Å². The van der Waals surface area contributed by atoms with Crippen LogP contribution in [0.15, 0.2) is 17.3 Å². The van der Waals surface area contributed by atoms with Gasteiger partial charge in [-0.25, -0.2) is 0 Å². The Balaban J connectivity index is 1.95. The molecule has 6 nitrogen and oxygen atoms in total. The van der Waals surface area contributed by atoms with Gasteiger partial charge in [0, 0.05) is 38.4 Å². The molecular weight excluding hydrogens is 290 g/mol. The van der Waals surface area contributed by atoms with E-state index in [0.29, 0.717) is 18.7 Å². The molecule has 1 aliphatic rings. The van der Waals surface area contributed by atoms with E-state index in [1.54, 1.807) is 0 Å². The molecule has 2 rings (SSSR count). The molecule has 0 amide bonds. The first kappa shape index (κ1) is 17.8. The fourth-order valence-corrected chi connectivity index (χ4v) is 3.69. The Bertz CT molecular complexity index is 521. The van der Waals surface area contributed by atoms with Crippen molar-refractivity contribution in [3.05, 3.63) is 18.0 Å². The molecule has 0 saturated heterocycles. The van der Waals surface area contributed by atoms with Crippen LogP contribution in [0, 0.1) is 5.41 Å². The fraction of sp³-hybridized carbons (Fsp3) is 0.765. The summed E-state index contributed by atoms with van der Waals surface area (Å²) in [5, 5.41) is 11.2. The Morgan fingerprint density at radius 1 is 1.43 bits per heavy atom. The topological polar surface area (TPSA) is 63.5 Å².